The van der Waals surface area contributed by atoms with Gasteiger partial charge in [0.1, 0.15) is 5.52 Å². The predicted molar refractivity (Wildman–Crippen MR) is 72.2 cm³/mol. The van der Waals surface area contributed by atoms with Gasteiger partial charge < -0.3 is 4.74 Å². The van der Waals surface area contributed by atoms with Crippen molar-refractivity contribution in [1.82, 2.24) is 15.0 Å². The van der Waals surface area contributed by atoms with Gasteiger partial charge in [0.05, 0.1) is 5.52 Å². The summed E-state index contributed by atoms with van der Waals surface area (Å²) < 4.78 is 7.54. The Labute approximate surface area is 107 Å². The van der Waals surface area contributed by atoms with E-state index in [1.807, 2.05) is 41.9 Å². The molecule has 1 unspecified atom stereocenters. The molecule has 0 amide bonds. The van der Waals surface area contributed by atoms with Crippen LogP contribution in [0.2, 0.25) is 0 Å². The summed E-state index contributed by atoms with van der Waals surface area (Å²) >= 11 is 0. The Balaban J connectivity index is 2.29. The van der Waals surface area contributed by atoms with Crippen molar-refractivity contribution in [3.05, 3.63) is 36.4 Å². The molecule has 0 aliphatic rings. The summed E-state index contributed by atoms with van der Waals surface area (Å²) in [5, 5.41) is 8.33. The first-order valence-corrected chi connectivity index (χ1v) is 6.45. The first kappa shape index (κ1) is 12.8. The van der Waals surface area contributed by atoms with E-state index in [0.717, 1.165) is 23.9 Å². The fraction of sp³-hybridized carbons (Fsp3) is 0.429. The molecule has 1 heterocycles. The summed E-state index contributed by atoms with van der Waals surface area (Å²) in [6.45, 7) is 4.79. The molecule has 1 atom stereocenters. The lowest BCUT2D eigenvalue weighted by Gasteiger charge is -2.13. The van der Waals surface area contributed by atoms with Crippen molar-refractivity contribution in [3.63, 3.8) is 0 Å². The molecule has 2 rings (SSSR count). The number of ether oxygens (including phenoxy) is 1. The molecule has 4 nitrogen and oxygen atoms in total. The highest BCUT2D eigenvalue weighted by Gasteiger charge is 2.12. The largest absolute Gasteiger partial charge is 0.353 e. The maximum atomic E-state index is 5.71. The fourth-order valence-corrected chi connectivity index (χ4v) is 1.83. The van der Waals surface area contributed by atoms with E-state index < -0.39 is 0 Å². The molecule has 0 saturated heterocycles. The Morgan fingerprint density at radius 2 is 2.17 bits per heavy atom. The number of hydrogen-bond acceptors (Lipinski definition) is 3. The third-order valence-electron chi connectivity index (χ3n) is 2.71. The van der Waals surface area contributed by atoms with E-state index in [-0.39, 0.29) is 6.23 Å². The van der Waals surface area contributed by atoms with Gasteiger partial charge in [-0.2, -0.15) is 0 Å². The predicted octanol–water partition coefficient (Wildman–Crippen LogP) is 3.32. The van der Waals surface area contributed by atoms with Gasteiger partial charge in [-0.1, -0.05) is 36.8 Å². The van der Waals surface area contributed by atoms with Crippen LogP contribution in [-0.4, -0.2) is 21.6 Å². The molecule has 18 heavy (non-hydrogen) atoms. The van der Waals surface area contributed by atoms with Gasteiger partial charge in [-0.3, -0.25) is 0 Å². The van der Waals surface area contributed by atoms with Crippen LogP contribution in [0.1, 0.15) is 32.9 Å². The number of rotatable bonds is 6. The van der Waals surface area contributed by atoms with Crippen molar-refractivity contribution in [2.24, 2.45) is 0 Å². The van der Waals surface area contributed by atoms with Gasteiger partial charge in [0.25, 0.3) is 0 Å². The van der Waals surface area contributed by atoms with Crippen LogP contribution in [0, 0.1) is 0 Å². The van der Waals surface area contributed by atoms with E-state index in [4.69, 9.17) is 4.74 Å². The molecule has 0 N–H and O–H groups in total. The zero-order valence-corrected chi connectivity index (χ0v) is 10.9. The highest BCUT2D eigenvalue weighted by molar-refractivity contribution is 5.73. The summed E-state index contributed by atoms with van der Waals surface area (Å²) in [4.78, 5) is 0. The number of allylic oxidation sites excluding steroid dienone is 1. The molecule has 0 bridgehead atoms. The molecule has 0 radical (unpaired) electrons. The molecule has 4 heteroatoms. The van der Waals surface area contributed by atoms with Gasteiger partial charge in [-0.15, -0.1) is 5.10 Å². The Morgan fingerprint density at radius 1 is 1.33 bits per heavy atom. The minimum atomic E-state index is -0.172. The first-order chi connectivity index (χ1) is 8.86. The summed E-state index contributed by atoms with van der Waals surface area (Å²) in [6.07, 6.45) is 6.20. The van der Waals surface area contributed by atoms with Gasteiger partial charge in [0, 0.05) is 6.61 Å². The summed E-state index contributed by atoms with van der Waals surface area (Å²) in [5.41, 5.74) is 1.89. The molecule has 0 saturated carbocycles. The SMILES string of the molecule is CCC/C=C/C(OCC)n1nnc2ccccc21. The summed E-state index contributed by atoms with van der Waals surface area (Å²) in [5.74, 6) is 0. The van der Waals surface area contributed by atoms with Crippen LogP contribution in [0.4, 0.5) is 0 Å². The smallest absolute Gasteiger partial charge is 0.171 e. The molecule has 1 aromatic heterocycles. The molecule has 0 fully saturated rings. The summed E-state index contributed by atoms with van der Waals surface area (Å²) in [6, 6.07) is 7.91. The maximum absolute atomic E-state index is 5.71. The van der Waals surface area contributed by atoms with Crippen molar-refractivity contribution < 1.29 is 4.74 Å². The molecule has 1 aromatic carbocycles. The van der Waals surface area contributed by atoms with Crippen LogP contribution < -0.4 is 0 Å². The lowest BCUT2D eigenvalue weighted by atomic mass is 10.3. The Morgan fingerprint density at radius 3 is 2.94 bits per heavy atom. The Kier molecular flexibility index (Phi) is 4.47. The van der Waals surface area contributed by atoms with Gasteiger partial charge >= 0.3 is 0 Å². The lowest BCUT2D eigenvalue weighted by Crippen LogP contribution is -2.12. The molecular formula is C14H19N3O. The number of fused-ring (bicyclic) bond motifs is 1. The number of unbranched alkanes of at least 4 members (excludes halogenated alkanes) is 1. The van der Waals surface area contributed by atoms with Gasteiger partial charge in [-0.05, 0) is 31.6 Å². The Hall–Kier alpha value is -1.68. The Bertz CT molecular complexity index is 518. The van der Waals surface area contributed by atoms with Gasteiger partial charge in [-0.25, -0.2) is 4.68 Å². The number of hydrogen-bond donors (Lipinski definition) is 0. The van der Waals surface area contributed by atoms with E-state index in [1.54, 1.807) is 0 Å². The van der Waals surface area contributed by atoms with Crippen molar-refractivity contribution in [3.8, 4) is 0 Å². The van der Waals surface area contributed by atoms with Crippen LogP contribution in [0.15, 0.2) is 36.4 Å². The highest BCUT2D eigenvalue weighted by Crippen LogP contribution is 2.17. The monoisotopic (exact) mass is 245 g/mol. The third kappa shape index (κ3) is 2.76. The zero-order valence-electron chi connectivity index (χ0n) is 10.9. The maximum Gasteiger partial charge on any atom is 0.171 e. The zero-order chi connectivity index (χ0) is 12.8. The topological polar surface area (TPSA) is 39.9 Å². The second kappa shape index (κ2) is 6.31. The summed E-state index contributed by atoms with van der Waals surface area (Å²) in [7, 11) is 0. The van der Waals surface area contributed by atoms with Crippen molar-refractivity contribution in [1.29, 1.82) is 0 Å². The number of benzene rings is 1. The minimum absolute atomic E-state index is 0.172. The standard InChI is InChI=1S/C14H19N3O/c1-3-5-6-11-14(18-4-2)17-13-10-8-7-9-12(13)15-16-17/h6-11,14H,3-5H2,1-2H3/b11-6+. The van der Waals surface area contributed by atoms with E-state index >= 15 is 0 Å². The highest BCUT2D eigenvalue weighted by atomic mass is 16.5. The average Bonchev–Trinajstić information content (AvgIpc) is 2.82. The van der Waals surface area contributed by atoms with Crippen LogP contribution in [-0.2, 0) is 4.74 Å². The van der Waals surface area contributed by atoms with E-state index in [9.17, 15) is 0 Å². The van der Waals surface area contributed by atoms with E-state index in [2.05, 4.69) is 23.3 Å². The van der Waals surface area contributed by atoms with Gasteiger partial charge in [0.15, 0.2) is 6.23 Å². The average molecular weight is 245 g/mol. The number of para-hydroxylation sites is 1. The van der Waals surface area contributed by atoms with Crippen LogP contribution in [0.25, 0.3) is 11.0 Å². The van der Waals surface area contributed by atoms with Crippen molar-refractivity contribution in [2.75, 3.05) is 6.61 Å². The molecule has 0 aliphatic carbocycles. The van der Waals surface area contributed by atoms with E-state index in [1.165, 1.54) is 0 Å². The second-order valence-corrected chi connectivity index (χ2v) is 4.09. The third-order valence-corrected chi connectivity index (χ3v) is 2.71. The second-order valence-electron chi connectivity index (χ2n) is 4.09. The quantitative estimate of drug-likeness (QED) is 0.733. The molecule has 2 aromatic rings. The molecule has 96 valence electrons. The molecule has 0 spiro atoms. The lowest BCUT2D eigenvalue weighted by molar-refractivity contribution is 0.0397. The van der Waals surface area contributed by atoms with Crippen LogP contribution in [0.3, 0.4) is 0 Å². The number of nitrogens with zero attached hydrogens (tertiary/aromatic N) is 3. The van der Waals surface area contributed by atoms with Gasteiger partial charge in [0.2, 0.25) is 0 Å². The minimum Gasteiger partial charge on any atom is -0.353 e. The number of aromatic nitrogens is 3. The fourth-order valence-electron chi connectivity index (χ4n) is 1.83. The van der Waals surface area contributed by atoms with Crippen molar-refractivity contribution in [2.45, 2.75) is 32.9 Å². The van der Waals surface area contributed by atoms with Crippen LogP contribution in [0.5, 0.6) is 0 Å². The van der Waals surface area contributed by atoms with Crippen molar-refractivity contribution >= 4 is 11.0 Å². The normalized spacial score (nSPS) is 13.4. The van der Waals surface area contributed by atoms with E-state index in [0.29, 0.717) is 6.61 Å². The van der Waals surface area contributed by atoms with Crippen LogP contribution >= 0.6 is 0 Å². The molecular weight excluding hydrogens is 226 g/mol. The first-order valence-electron chi connectivity index (χ1n) is 6.45. The molecule has 0 aliphatic heterocycles.